The van der Waals surface area contributed by atoms with E-state index in [-0.39, 0.29) is 23.0 Å². The van der Waals surface area contributed by atoms with E-state index >= 15 is 0 Å². The Labute approximate surface area is 155 Å². The quantitative estimate of drug-likeness (QED) is 0.437. The van der Waals surface area contributed by atoms with E-state index in [0.29, 0.717) is 37.2 Å². The predicted molar refractivity (Wildman–Crippen MR) is 97.5 cm³/mol. The Morgan fingerprint density at radius 2 is 2.20 bits per heavy atom. The second-order valence-electron chi connectivity index (χ2n) is 5.73. The number of aliphatic carboxylic acids is 1. The number of urea groups is 1. The lowest BCUT2D eigenvalue weighted by Crippen LogP contribution is -2.56. The Kier molecular flexibility index (Phi) is 7.12. The van der Waals surface area contributed by atoms with E-state index in [1.165, 1.54) is 0 Å². The largest absolute Gasteiger partial charge is 0.481 e. The zero-order chi connectivity index (χ0) is 18.4. The number of carbonyl (C=O) groups is 2. The minimum atomic E-state index is -0.935. The zero-order valence-corrected chi connectivity index (χ0v) is 15.8. The maximum Gasteiger partial charge on any atom is 0.317 e. The van der Waals surface area contributed by atoms with E-state index in [0.717, 1.165) is 18.2 Å². The fourth-order valence-corrected chi connectivity index (χ4v) is 3.34. The van der Waals surface area contributed by atoms with Crippen molar-refractivity contribution in [3.63, 3.8) is 0 Å². The van der Waals surface area contributed by atoms with E-state index < -0.39 is 5.97 Å². The van der Waals surface area contributed by atoms with Gasteiger partial charge in [0.05, 0.1) is 5.75 Å². The van der Waals surface area contributed by atoms with Crippen molar-refractivity contribution in [2.24, 2.45) is 0 Å². The Balaban J connectivity index is 2.03. The standard InChI is InChI=1S/C15H22ClN5O3S/c1-3-4-17-15(24)21-6-5-20(8-10(21)2)12-7-11(16)18-14(19-12)25-9-13(22)23/h7,10H,3-6,8-9H2,1-2H3,(H,17,24)(H,22,23). The number of hydrogen-bond acceptors (Lipinski definition) is 6. The van der Waals surface area contributed by atoms with E-state index in [4.69, 9.17) is 16.7 Å². The molecule has 1 aromatic heterocycles. The molecule has 1 aromatic rings. The van der Waals surface area contributed by atoms with Gasteiger partial charge in [-0.1, -0.05) is 30.3 Å². The van der Waals surface area contributed by atoms with Crippen LogP contribution in [0.25, 0.3) is 0 Å². The van der Waals surface area contributed by atoms with Crippen LogP contribution in [0.15, 0.2) is 11.2 Å². The third-order valence-corrected chi connectivity index (χ3v) is 4.75. The summed E-state index contributed by atoms with van der Waals surface area (Å²) in [6, 6.07) is 1.63. The molecule has 0 radical (unpaired) electrons. The number of aromatic nitrogens is 2. The second kappa shape index (κ2) is 9.10. The summed E-state index contributed by atoms with van der Waals surface area (Å²) in [7, 11) is 0. The first-order chi connectivity index (χ1) is 11.9. The Hall–Kier alpha value is -1.74. The third-order valence-electron chi connectivity index (χ3n) is 3.72. The number of hydrogen-bond donors (Lipinski definition) is 2. The van der Waals surface area contributed by atoms with Gasteiger partial charge in [-0.15, -0.1) is 0 Å². The highest BCUT2D eigenvalue weighted by Crippen LogP contribution is 2.24. The Bertz CT molecular complexity index is 633. The van der Waals surface area contributed by atoms with E-state index in [2.05, 4.69) is 15.3 Å². The minimum absolute atomic E-state index is 0.0227. The molecule has 1 unspecified atom stereocenters. The number of piperazine rings is 1. The van der Waals surface area contributed by atoms with Gasteiger partial charge in [0, 0.05) is 38.3 Å². The molecule has 1 fully saturated rings. The fraction of sp³-hybridized carbons (Fsp3) is 0.600. The maximum atomic E-state index is 12.2. The van der Waals surface area contributed by atoms with Crippen molar-refractivity contribution in [1.82, 2.24) is 20.2 Å². The van der Waals surface area contributed by atoms with Crippen molar-refractivity contribution in [2.45, 2.75) is 31.5 Å². The molecule has 0 bridgehead atoms. The first-order valence-corrected chi connectivity index (χ1v) is 9.45. The van der Waals surface area contributed by atoms with Gasteiger partial charge in [-0.3, -0.25) is 4.79 Å². The zero-order valence-electron chi connectivity index (χ0n) is 14.2. The monoisotopic (exact) mass is 387 g/mol. The highest BCUT2D eigenvalue weighted by Gasteiger charge is 2.28. The molecule has 1 atom stereocenters. The smallest absolute Gasteiger partial charge is 0.317 e. The van der Waals surface area contributed by atoms with Crippen LogP contribution in [0.2, 0.25) is 5.15 Å². The number of amides is 2. The number of nitrogens with zero attached hydrogens (tertiary/aromatic N) is 4. The summed E-state index contributed by atoms with van der Waals surface area (Å²) in [6.07, 6.45) is 0.899. The van der Waals surface area contributed by atoms with Crippen LogP contribution in [-0.2, 0) is 4.79 Å². The molecule has 0 aromatic carbocycles. The van der Waals surface area contributed by atoms with Gasteiger partial charge in [-0.25, -0.2) is 14.8 Å². The third kappa shape index (κ3) is 5.64. The molecule has 8 nitrogen and oxygen atoms in total. The molecule has 0 aliphatic carbocycles. The van der Waals surface area contributed by atoms with E-state index in [9.17, 15) is 9.59 Å². The number of halogens is 1. The van der Waals surface area contributed by atoms with Gasteiger partial charge in [0.1, 0.15) is 11.0 Å². The Morgan fingerprint density at radius 1 is 1.44 bits per heavy atom. The summed E-state index contributed by atoms with van der Waals surface area (Å²) < 4.78 is 0. The van der Waals surface area contributed by atoms with Crippen molar-refractivity contribution >= 4 is 41.2 Å². The fourth-order valence-electron chi connectivity index (χ4n) is 2.54. The van der Waals surface area contributed by atoms with Gasteiger partial charge in [0.15, 0.2) is 5.16 Å². The highest BCUT2D eigenvalue weighted by molar-refractivity contribution is 7.99. The molecule has 2 heterocycles. The van der Waals surface area contributed by atoms with Gasteiger partial charge < -0.3 is 20.2 Å². The number of carbonyl (C=O) groups excluding carboxylic acids is 1. The molecule has 1 saturated heterocycles. The van der Waals surface area contributed by atoms with E-state index in [1.807, 2.05) is 23.6 Å². The molecule has 10 heteroatoms. The number of anilines is 1. The number of nitrogens with one attached hydrogen (secondary N) is 1. The van der Waals surface area contributed by atoms with Crippen molar-refractivity contribution in [3.05, 3.63) is 11.2 Å². The molecule has 2 amide bonds. The molecular weight excluding hydrogens is 366 g/mol. The van der Waals surface area contributed by atoms with Gasteiger partial charge in [-0.05, 0) is 13.3 Å². The summed E-state index contributed by atoms with van der Waals surface area (Å²) in [4.78, 5) is 35.1. The average molecular weight is 388 g/mol. The van der Waals surface area contributed by atoms with Gasteiger partial charge in [0.2, 0.25) is 0 Å². The van der Waals surface area contributed by atoms with Crippen molar-refractivity contribution in [1.29, 1.82) is 0 Å². The molecule has 0 saturated carbocycles. The SMILES string of the molecule is CCCNC(=O)N1CCN(c2cc(Cl)nc(SCC(=O)O)n2)CC1C. The van der Waals surface area contributed by atoms with Crippen LogP contribution in [0, 0.1) is 0 Å². The molecule has 0 spiro atoms. The molecule has 138 valence electrons. The van der Waals surface area contributed by atoms with E-state index in [1.54, 1.807) is 6.07 Å². The first kappa shape index (κ1) is 19.6. The Morgan fingerprint density at radius 3 is 2.84 bits per heavy atom. The molecule has 1 aliphatic heterocycles. The predicted octanol–water partition coefficient (Wildman–Crippen LogP) is 1.94. The van der Waals surface area contributed by atoms with Crippen LogP contribution >= 0.6 is 23.4 Å². The number of carboxylic acids is 1. The lowest BCUT2D eigenvalue weighted by molar-refractivity contribution is -0.133. The molecular formula is C15H22ClN5O3S. The summed E-state index contributed by atoms with van der Waals surface area (Å²) in [5.74, 6) is -0.412. The minimum Gasteiger partial charge on any atom is -0.481 e. The first-order valence-electron chi connectivity index (χ1n) is 8.09. The summed E-state index contributed by atoms with van der Waals surface area (Å²) in [5, 5.41) is 12.3. The number of carboxylic acid groups (broad SMARTS) is 1. The van der Waals surface area contributed by atoms with Crippen LogP contribution in [-0.4, -0.2) is 69.9 Å². The van der Waals surface area contributed by atoms with Crippen LogP contribution in [0.3, 0.4) is 0 Å². The van der Waals surface area contributed by atoms with Gasteiger partial charge in [-0.2, -0.15) is 0 Å². The summed E-state index contributed by atoms with van der Waals surface area (Å²) in [5.41, 5.74) is 0. The van der Waals surface area contributed by atoms with Crippen molar-refractivity contribution in [3.8, 4) is 0 Å². The van der Waals surface area contributed by atoms with Crippen LogP contribution in [0.4, 0.5) is 10.6 Å². The average Bonchev–Trinajstić information content (AvgIpc) is 2.57. The molecule has 2 N–H and O–H groups in total. The van der Waals surface area contributed by atoms with Crippen molar-refractivity contribution in [2.75, 3.05) is 36.8 Å². The lowest BCUT2D eigenvalue weighted by atomic mass is 10.2. The maximum absolute atomic E-state index is 12.2. The van der Waals surface area contributed by atoms with Crippen LogP contribution in [0.5, 0.6) is 0 Å². The lowest BCUT2D eigenvalue weighted by Gasteiger charge is -2.40. The van der Waals surface area contributed by atoms with Crippen LogP contribution in [0.1, 0.15) is 20.3 Å². The molecule has 1 aliphatic rings. The second-order valence-corrected chi connectivity index (χ2v) is 7.06. The molecule has 25 heavy (non-hydrogen) atoms. The topological polar surface area (TPSA) is 98.7 Å². The summed E-state index contributed by atoms with van der Waals surface area (Å²) >= 11 is 7.07. The van der Waals surface area contributed by atoms with Crippen LogP contribution < -0.4 is 10.2 Å². The number of thioether (sulfide) groups is 1. The van der Waals surface area contributed by atoms with Gasteiger partial charge in [0.25, 0.3) is 0 Å². The van der Waals surface area contributed by atoms with Gasteiger partial charge >= 0.3 is 12.0 Å². The normalized spacial score (nSPS) is 17.5. The summed E-state index contributed by atoms with van der Waals surface area (Å²) in [6.45, 7) is 6.49. The number of rotatable bonds is 6. The highest BCUT2D eigenvalue weighted by atomic mass is 35.5. The molecule has 2 rings (SSSR count). The van der Waals surface area contributed by atoms with Crippen molar-refractivity contribution < 1.29 is 14.7 Å².